The molecular weight excluding hydrogens is 188 g/mol. The molecule has 1 atom stereocenters. The van der Waals surface area contributed by atoms with Gasteiger partial charge in [-0.25, -0.2) is 0 Å². The monoisotopic (exact) mass is 208 g/mol. The Hall–Kier alpha value is -1.03. The third-order valence-electron chi connectivity index (χ3n) is 3.05. The van der Waals surface area contributed by atoms with Crippen molar-refractivity contribution in [3.8, 4) is 0 Å². The van der Waals surface area contributed by atoms with E-state index in [1.807, 2.05) is 17.9 Å². The highest BCUT2D eigenvalue weighted by Crippen LogP contribution is 2.19. The Kier molecular flexibility index (Phi) is 2.95. The van der Waals surface area contributed by atoms with Crippen LogP contribution >= 0.6 is 0 Å². The van der Waals surface area contributed by atoms with Crippen molar-refractivity contribution < 1.29 is 0 Å². The van der Waals surface area contributed by atoms with Crippen molar-refractivity contribution in [1.29, 1.82) is 0 Å². The van der Waals surface area contributed by atoms with Gasteiger partial charge in [-0.15, -0.1) is 0 Å². The lowest BCUT2D eigenvalue weighted by Gasteiger charge is -2.38. The standard InChI is InChI=1S/C11H20N4/c1-9(2)10-8-12-5-7-15(10)11-4-6-14(3)13-11/h4,6,9-10,12H,5,7-8H2,1-3H3. The quantitative estimate of drug-likeness (QED) is 0.782. The Labute approximate surface area is 91.3 Å². The van der Waals surface area contributed by atoms with Gasteiger partial charge in [0.1, 0.15) is 0 Å². The Bertz CT molecular complexity index is 318. The zero-order valence-corrected chi connectivity index (χ0v) is 9.77. The minimum Gasteiger partial charge on any atom is -0.349 e. The van der Waals surface area contributed by atoms with Gasteiger partial charge < -0.3 is 10.2 Å². The van der Waals surface area contributed by atoms with E-state index in [1.165, 1.54) is 0 Å². The number of anilines is 1. The lowest BCUT2D eigenvalue weighted by atomic mass is 10.0. The first-order chi connectivity index (χ1) is 7.18. The molecule has 1 N–H and O–H groups in total. The second-order valence-corrected chi connectivity index (χ2v) is 4.56. The third kappa shape index (κ3) is 2.15. The van der Waals surface area contributed by atoms with Gasteiger partial charge in [-0.2, -0.15) is 5.10 Å². The van der Waals surface area contributed by atoms with E-state index < -0.39 is 0 Å². The van der Waals surface area contributed by atoms with Gasteiger partial charge in [-0.05, 0) is 5.92 Å². The molecule has 1 saturated heterocycles. The van der Waals surface area contributed by atoms with E-state index in [9.17, 15) is 0 Å². The highest BCUT2D eigenvalue weighted by molar-refractivity contribution is 5.39. The van der Waals surface area contributed by atoms with Gasteiger partial charge in [0, 0.05) is 45.0 Å². The minimum absolute atomic E-state index is 0.564. The first-order valence-electron chi connectivity index (χ1n) is 5.65. The van der Waals surface area contributed by atoms with E-state index in [0.717, 1.165) is 25.5 Å². The van der Waals surface area contributed by atoms with Crippen molar-refractivity contribution in [2.75, 3.05) is 24.5 Å². The van der Waals surface area contributed by atoms with Gasteiger partial charge in [0.15, 0.2) is 5.82 Å². The smallest absolute Gasteiger partial charge is 0.150 e. The molecule has 1 aromatic rings. The Balaban J connectivity index is 2.17. The number of hydrogen-bond donors (Lipinski definition) is 1. The van der Waals surface area contributed by atoms with E-state index in [2.05, 4.69) is 35.2 Å². The summed E-state index contributed by atoms with van der Waals surface area (Å²) in [6, 6.07) is 2.66. The van der Waals surface area contributed by atoms with Gasteiger partial charge >= 0.3 is 0 Å². The molecule has 1 aromatic heterocycles. The summed E-state index contributed by atoms with van der Waals surface area (Å²) in [7, 11) is 1.97. The summed E-state index contributed by atoms with van der Waals surface area (Å²) in [6.07, 6.45) is 2.01. The maximum Gasteiger partial charge on any atom is 0.150 e. The SMILES string of the molecule is CC(C)C1CNCCN1c1ccn(C)n1. The van der Waals surface area contributed by atoms with Crippen LogP contribution in [-0.4, -0.2) is 35.5 Å². The molecule has 1 aliphatic rings. The Morgan fingerprint density at radius 1 is 1.53 bits per heavy atom. The number of aryl methyl sites for hydroxylation is 1. The van der Waals surface area contributed by atoms with Crippen molar-refractivity contribution in [3.05, 3.63) is 12.3 Å². The molecule has 2 rings (SSSR count). The van der Waals surface area contributed by atoms with Gasteiger partial charge in [-0.1, -0.05) is 13.8 Å². The van der Waals surface area contributed by atoms with Crippen LogP contribution < -0.4 is 10.2 Å². The number of piperazine rings is 1. The summed E-state index contributed by atoms with van der Waals surface area (Å²) >= 11 is 0. The molecule has 0 aliphatic carbocycles. The van der Waals surface area contributed by atoms with E-state index in [-0.39, 0.29) is 0 Å². The average Bonchev–Trinajstić information content (AvgIpc) is 2.65. The molecule has 15 heavy (non-hydrogen) atoms. The Morgan fingerprint density at radius 2 is 2.33 bits per heavy atom. The summed E-state index contributed by atoms with van der Waals surface area (Å²) in [5.41, 5.74) is 0. The fourth-order valence-corrected chi connectivity index (χ4v) is 2.16. The maximum atomic E-state index is 4.48. The topological polar surface area (TPSA) is 33.1 Å². The van der Waals surface area contributed by atoms with Gasteiger partial charge in [0.05, 0.1) is 0 Å². The van der Waals surface area contributed by atoms with E-state index in [1.54, 1.807) is 0 Å². The maximum absolute atomic E-state index is 4.48. The molecule has 2 heterocycles. The number of aromatic nitrogens is 2. The van der Waals surface area contributed by atoms with Crippen molar-refractivity contribution in [2.45, 2.75) is 19.9 Å². The van der Waals surface area contributed by atoms with Crippen LogP contribution in [-0.2, 0) is 7.05 Å². The highest BCUT2D eigenvalue weighted by Gasteiger charge is 2.26. The van der Waals surface area contributed by atoms with Crippen molar-refractivity contribution >= 4 is 5.82 Å². The van der Waals surface area contributed by atoms with Crippen molar-refractivity contribution in [1.82, 2.24) is 15.1 Å². The molecule has 4 nitrogen and oxygen atoms in total. The van der Waals surface area contributed by atoms with E-state index >= 15 is 0 Å². The number of nitrogens with one attached hydrogen (secondary N) is 1. The van der Waals surface area contributed by atoms with Crippen LogP contribution in [0.2, 0.25) is 0 Å². The fraction of sp³-hybridized carbons (Fsp3) is 0.727. The molecule has 1 unspecified atom stereocenters. The molecule has 1 aliphatic heterocycles. The first-order valence-corrected chi connectivity index (χ1v) is 5.65. The zero-order chi connectivity index (χ0) is 10.8. The molecular formula is C11H20N4. The van der Waals surface area contributed by atoms with Crippen molar-refractivity contribution in [2.24, 2.45) is 13.0 Å². The van der Waals surface area contributed by atoms with Crippen LogP contribution in [0.15, 0.2) is 12.3 Å². The van der Waals surface area contributed by atoms with Gasteiger partial charge in [0.2, 0.25) is 0 Å². The first kappa shape index (κ1) is 10.5. The summed E-state index contributed by atoms with van der Waals surface area (Å²) in [4.78, 5) is 2.42. The molecule has 0 spiro atoms. The molecule has 1 fully saturated rings. The summed E-state index contributed by atoms with van der Waals surface area (Å²) < 4.78 is 1.87. The number of nitrogens with zero attached hydrogens (tertiary/aromatic N) is 3. The second kappa shape index (κ2) is 4.23. The highest BCUT2D eigenvalue weighted by atomic mass is 15.4. The molecule has 0 bridgehead atoms. The zero-order valence-electron chi connectivity index (χ0n) is 9.77. The van der Waals surface area contributed by atoms with Crippen LogP contribution in [0.1, 0.15) is 13.8 Å². The summed E-state index contributed by atoms with van der Waals surface area (Å²) in [5, 5.41) is 7.93. The molecule has 0 radical (unpaired) electrons. The predicted molar refractivity (Wildman–Crippen MR) is 62.0 cm³/mol. The minimum atomic E-state index is 0.564. The molecule has 84 valence electrons. The second-order valence-electron chi connectivity index (χ2n) is 4.56. The molecule has 4 heteroatoms. The molecule has 0 aromatic carbocycles. The normalized spacial score (nSPS) is 22.4. The summed E-state index contributed by atoms with van der Waals surface area (Å²) in [5.74, 6) is 1.76. The third-order valence-corrected chi connectivity index (χ3v) is 3.05. The predicted octanol–water partition coefficient (Wildman–Crippen LogP) is 0.854. The van der Waals surface area contributed by atoms with Crippen molar-refractivity contribution in [3.63, 3.8) is 0 Å². The lowest BCUT2D eigenvalue weighted by molar-refractivity contribution is 0.387. The van der Waals surface area contributed by atoms with Gasteiger partial charge in [-0.3, -0.25) is 4.68 Å². The molecule has 0 saturated carbocycles. The largest absolute Gasteiger partial charge is 0.349 e. The summed E-state index contributed by atoms with van der Waals surface area (Å²) in [6.45, 7) is 7.72. The lowest BCUT2D eigenvalue weighted by Crippen LogP contribution is -2.54. The Morgan fingerprint density at radius 3 is 2.93 bits per heavy atom. The van der Waals surface area contributed by atoms with Gasteiger partial charge in [0.25, 0.3) is 0 Å². The van der Waals surface area contributed by atoms with Crippen LogP contribution in [0.4, 0.5) is 5.82 Å². The number of hydrogen-bond acceptors (Lipinski definition) is 3. The van der Waals surface area contributed by atoms with Crippen LogP contribution in [0.25, 0.3) is 0 Å². The molecule has 0 amide bonds. The fourth-order valence-electron chi connectivity index (χ4n) is 2.16. The van der Waals surface area contributed by atoms with E-state index in [0.29, 0.717) is 12.0 Å². The van der Waals surface area contributed by atoms with Crippen LogP contribution in [0.3, 0.4) is 0 Å². The van der Waals surface area contributed by atoms with E-state index in [4.69, 9.17) is 0 Å². The van der Waals surface area contributed by atoms with Crippen LogP contribution in [0, 0.1) is 5.92 Å². The van der Waals surface area contributed by atoms with Crippen LogP contribution in [0.5, 0.6) is 0 Å². The average molecular weight is 208 g/mol. The number of rotatable bonds is 2.